The summed E-state index contributed by atoms with van der Waals surface area (Å²) in [7, 11) is 1.72. The maximum Gasteiger partial charge on any atom is 0.122 e. The van der Waals surface area contributed by atoms with Crippen molar-refractivity contribution < 1.29 is 4.74 Å². The van der Waals surface area contributed by atoms with Crippen LogP contribution in [0.15, 0.2) is 18.2 Å². The third kappa shape index (κ3) is 2.07. The fourth-order valence-corrected chi connectivity index (χ4v) is 1.61. The number of rotatable bonds is 4. The predicted molar refractivity (Wildman–Crippen MR) is 57.6 cm³/mol. The van der Waals surface area contributed by atoms with Gasteiger partial charge in [0.25, 0.3) is 0 Å². The van der Waals surface area contributed by atoms with Gasteiger partial charge in [0.1, 0.15) is 5.75 Å². The first-order valence-electron chi connectivity index (χ1n) is 5.17. The standard InChI is InChI=1S/C12H17NO/c1-9-10(8-13-11-6-7-11)4-3-5-12(9)14-2/h3-5,11,13H,6-8H2,1-2H3. The van der Waals surface area contributed by atoms with Crippen LogP contribution in [0.5, 0.6) is 5.75 Å². The molecular formula is C12H17NO. The molecular weight excluding hydrogens is 174 g/mol. The Hall–Kier alpha value is -1.02. The molecule has 1 saturated carbocycles. The summed E-state index contributed by atoms with van der Waals surface area (Å²) in [5.41, 5.74) is 2.60. The van der Waals surface area contributed by atoms with Gasteiger partial charge in [-0.15, -0.1) is 0 Å². The summed E-state index contributed by atoms with van der Waals surface area (Å²) >= 11 is 0. The van der Waals surface area contributed by atoms with E-state index in [2.05, 4.69) is 24.4 Å². The van der Waals surface area contributed by atoms with Crippen LogP contribution in [-0.2, 0) is 6.54 Å². The maximum atomic E-state index is 5.28. The first-order valence-corrected chi connectivity index (χ1v) is 5.17. The van der Waals surface area contributed by atoms with Gasteiger partial charge in [0.2, 0.25) is 0 Å². The first-order chi connectivity index (χ1) is 6.81. The summed E-state index contributed by atoms with van der Waals surface area (Å²) < 4.78 is 5.28. The predicted octanol–water partition coefficient (Wildman–Crippen LogP) is 2.26. The Labute approximate surface area is 85.3 Å². The summed E-state index contributed by atoms with van der Waals surface area (Å²) in [4.78, 5) is 0. The van der Waals surface area contributed by atoms with Crippen molar-refractivity contribution >= 4 is 0 Å². The van der Waals surface area contributed by atoms with Crippen molar-refractivity contribution in [1.29, 1.82) is 0 Å². The maximum absolute atomic E-state index is 5.28. The van der Waals surface area contributed by atoms with Gasteiger partial charge in [-0.25, -0.2) is 0 Å². The Bertz CT molecular complexity index is 318. The molecule has 2 nitrogen and oxygen atoms in total. The highest BCUT2D eigenvalue weighted by molar-refractivity contribution is 5.39. The van der Waals surface area contributed by atoms with Crippen molar-refractivity contribution in [3.05, 3.63) is 29.3 Å². The van der Waals surface area contributed by atoms with Crippen molar-refractivity contribution in [3.8, 4) is 5.75 Å². The molecule has 2 rings (SSSR count). The van der Waals surface area contributed by atoms with E-state index in [0.29, 0.717) is 0 Å². The van der Waals surface area contributed by atoms with E-state index in [9.17, 15) is 0 Å². The van der Waals surface area contributed by atoms with Crippen LogP contribution in [0.2, 0.25) is 0 Å². The Balaban J connectivity index is 2.06. The van der Waals surface area contributed by atoms with Crippen LogP contribution >= 0.6 is 0 Å². The van der Waals surface area contributed by atoms with Gasteiger partial charge in [-0.3, -0.25) is 0 Å². The van der Waals surface area contributed by atoms with Crippen molar-refractivity contribution in [2.75, 3.05) is 7.11 Å². The monoisotopic (exact) mass is 191 g/mol. The van der Waals surface area contributed by atoms with Crippen LogP contribution in [-0.4, -0.2) is 13.2 Å². The first kappa shape index (κ1) is 9.53. The molecule has 1 aromatic carbocycles. The van der Waals surface area contributed by atoms with E-state index in [0.717, 1.165) is 18.3 Å². The topological polar surface area (TPSA) is 21.3 Å². The fourth-order valence-electron chi connectivity index (χ4n) is 1.61. The summed E-state index contributed by atoms with van der Waals surface area (Å²) in [5, 5.41) is 3.51. The summed E-state index contributed by atoms with van der Waals surface area (Å²) in [6.07, 6.45) is 2.67. The van der Waals surface area contributed by atoms with Gasteiger partial charge in [-0.05, 0) is 37.0 Å². The van der Waals surface area contributed by atoms with Crippen molar-refractivity contribution in [1.82, 2.24) is 5.32 Å². The molecule has 0 bridgehead atoms. The van der Waals surface area contributed by atoms with Gasteiger partial charge in [-0.2, -0.15) is 0 Å². The van der Waals surface area contributed by atoms with Crippen LogP contribution in [0.3, 0.4) is 0 Å². The Morgan fingerprint density at radius 3 is 2.86 bits per heavy atom. The van der Waals surface area contributed by atoms with Gasteiger partial charge in [-0.1, -0.05) is 12.1 Å². The lowest BCUT2D eigenvalue weighted by molar-refractivity contribution is 0.410. The Morgan fingerprint density at radius 1 is 1.43 bits per heavy atom. The molecule has 0 radical (unpaired) electrons. The summed E-state index contributed by atoms with van der Waals surface area (Å²) in [6.45, 7) is 3.08. The largest absolute Gasteiger partial charge is 0.496 e. The molecule has 0 atom stereocenters. The highest BCUT2D eigenvalue weighted by Crippen LogP contribution is 2.23. The van der Waals surface area contributed by atoms with Crippen LogP contribution in [0.25, 0.3) is 0 Å². The van der Waals surface area contributed by atoms with E-state index in [4.69, 9.17) is 4.74 Å². The minimum absolute atomic E-state index is 0.764. The van der Waals surface area contributed by atoms with Crippen LogP contribution in [0, 0.1) is 6.92 Å². The van der Waals surface area contributed by atoms with E-state index in [-0.39, 0.29) is 0 Å². The Kier molecular flexibility index (Phi) is 2.73. The minimum atomic E-state index is 0.764. The zero-order valence-corrected chi connectivity index (χ0v) is 8.84. The van der Waals surface area contributed by atoms with Crippen LogP contribution in [0.4, 0.5) is 0 Å². The molecule has 14 heavy (non-hydrogen) atoms. The molecule has 0 saturated heterocycles. The average molecular weight is 191 g/mol. The normalized spacial score (nSPS) is 15.6. The summed E-state index contributed by atoms with van der Waals surface area (Å²) in [5.74, 6) is 0.986. The number of hydrogen-bond donors (Lipinski definition) is 1. The molecule has 1 aliphatic rings. The van der Waals surface area contributed by atoms with E-state index in [1.54, 1.807) is 7.11 Å². The molecule has 76 valence electrons. The molecule has 0 heterocycles. The smallest absolute Gasteiger partial charge is 0.122 e. The molecule has 0 aliphatic heterocycles. The second-order valence-electron chi connectivity index (χ2n) is 3.90. The third-order valence-corrected chi connectivity index (χ3v) is 2.77. The lowest BCUT2D eigenvalue weighted by atomic mass is 10.1. The molecule has 1 aliphatic carbocycles. The number of hydrogen-bond acceptors (Lipinski definition) is 2. The van der Waals surface area contributed by atoms with Gasteiger partial charge in [0.15, 0.2) is 0 Å². The number of ether oxygens (including phenoxy) is 1. The number of benzene rings is 1. The minimum Gasteiger partial charge on any atom is -0.496 e. The zero-order valence-electron chi connectivity index (χ0n) is 8.84. The third-order valence-electron chi connectivity index (χ3n) is 2.77. The molecule has 0 spiro atoms. The average Bonchev–Trinajstić information content (AvgIpc) is 3.00. The lowest BCUT2D eigenvalue weighted by Crippen LogP contribution is -2.16. The second kappa shape index (κ2) is 4.01. The van der Waals surface area contributed by atoms with Gasteiger partial charge < -0.3 is 10.1 Å². The molecule has 1 N–H and O–H groups in total. The van der Waals surface area contributed by atoms with Crippen LogP contribution < -0.4 is 10.1 Å². The van der Waals surface area contributed by atoms with E-state index < -0.39 is 0 Å². The molecule has 0 amide bonds. The molecule has 0 aromatic heterocycles. The van der Waals surface area contributed by atoms with Crippen LogP contribution in [0.1, 0.15) is 24.0 Å². The molecule has 2 heteroatoms. The van der Waals surface area contributed by atoms with Crippen molar-refractivity contribution in [2.45, 2.75) is 32.4 Å². The van der Waals surface area contributed by atoms with E-state index >= 15 is 0 Å². The lowest BCUT2D eigenvalue weighted by Gasteiger charge is -2.10. The number of methoxy groups -OCH3 is 1. The van der Waals surface area contributed by atoms with Gasteiger partial charge >= 0.3 is 0 Å². The van der Waals surface area contributed by atoms with E-state index in [1.165, 1.54) is 24.0 Å². The molecule has 1 aromatic rings. The highest BCUT2D eigenvalue weighted by Gasteiger charge is 2.20. The fraction of sp³-hybridized carbons (Fsp3) is 0.500. The van der Waals surface area contributed by atoms with E-state index in [1.807, 2.05) is 6.07 Å². The molecule has 0 unspecified atom stereocenters. The highest BCUT2D eigenvalue weighted by atomic mass is 16.5. The quantitative estimate of drug-likeness (QED) is 0.788. The SMILES string of the molecule is COc1cccc(CNC2CC2)c1C. The Morgan fingerprint density at radius 2 is 2.21 bits per heavy atom. The zero-order chi connectivity index (χ0) is 9.97. The molecule has 1 fully saturated rings. The van der Waals surface area contributed by atoms with Gasteiger partial charge in [0.05, 0.1) is 7.11 Å². The van der Waals surface area contributed by atoms with Crippen molar-refractivity contribution in [3.63, 3.8) is 0 Å². The van der Waals surface area contributed by atoms with Gasteiger partial charge in [0, 0.05) is 12.6 Å². The second-order valence-corrected chi connectivity index (χ2v) is 3.90. The summed E-state index contributed by atoms with van der Waals surface area (Å²) in [6, 6.07) is 6.99. The van der Waals surface area contributed by atoms with Crippen molar-refractivity contribution in [2.24, 2.45) is 0 Å². The number of nitrogens with one attached hydrogen (secondary N) is 1.